The predicted octanol–water partition coefficient (Wildman–Crippen LogP) is 4.10. The highest BCUT2D eigenvalue weighted by molar-refractivity contribution is 8.26. The van der Waals surface area contributed by atoms with Crippen LogP contribution in [0.1, 0.15) is 34.0 Å². The molecule has 0 saturated carbocycles. The molecule has 26 heavy (non-hydrogen) atoms. The highest BCUT2D eigenvalue weighted by atomic mass is 32.2. The number of thioether (sulfide) groups is 1. The summed E-state index contributed by atoms with van der Waals surface area (Å²) >= 11 is 6.45. The predicted molar refractivity (Wildman–Crippen MR) is 109 cm³/mol. The van der Waals surface area contributed by atoms with Gasteiger partial charge in [0.2, 0.25) is 0 Å². The molecule has 2 aromatic carbocycles. The van der Waals surface area contributed by atoms with Crippen LogP contribution in [0.2, 0.25) is 0 Å². The van der Waals surface area contributed by atoms with E-state index >= 15 is 0 Å². The molecule has 132 valence electrons. The van der Waals surface area contributed by atoms with Crippen molar-refractivity contribution in [1.82, 2.24) is 10.4 Å². The molecule has 0 aliphatic carbocycles. The summed E-state index contributed by atoms with van der Waals surface area (Å²) in [4.78, 5) is 25.6. The largest absolute Gasteiger partial charge is 0.285 e. The van der Waals surface area contributed by atoms with Crippen LogP contribution < -0.4 is 5.43 Å². The van der Waals surface area contributed by atoms with E-state index in [-0.39, 0.29) is 11.8 Å². The Kier molecular flexibility index (Phi) is 5.54. The summed E-state index contributed by atoms with van der Waals surface area (Å²) in [5, 5.41) is 1.14. The van der Waals surface area contributed by atoms with Gasteiger partial charge in [0.05, 0.1) is 4.91 Å². The van der Waals surface area contributed by atoms with Crippen molar-refractivity contribution in [2.45, 2.75) is 20.3 Å². The van der Waals surface area contributed by atoms with E-state index in [1.807, 2.05) is 43.3 Å². The summed E-state index contributed by atoms with van der Waals surface area (Å²) in [7, 11) is 0. The lowest BCUT2D eigenvalue weighted by atomic mass is 10.1. The molecule has 0 spiro atoms. The van der Waals surface area contributed by atoms with Gasteiger partial charge >= 0.3 is 0 Å². The van der Waals surface area contributed by atoms with Crippen LogP contribution >= 0.6 is 24.0 Å². The van der Waals surface area contributed by atoms with Crippen molar-refractivity contribution in [3.8, 4) is 0 Å². The summed E-state index contributed by atoms with van der Waals surface area (Å²) in [6.07, 6.45) is 2.76. The van der Waals surface area contributed by atoms with E-state index in [0.717, 1.165) is 22.6 Å². The SMILES string of the molecule is CCc1ccc(/C=C2/SC(=S)N(NC(=O)c3ccccc3C)C2=O)cc1. The second kappa shape index (κ2) is 7.85. The monoisotopic (exact) mass is 382 g/mol. The van der Waals surface area contributed by atoms with Crippen LogP contribution in [-0.4, -0.2) is 21.1 Å². The highest BCUT2D eigenvalue weighted by Crippen LogP contribution is 2.31. The minimum atomic E-state index is -0.354. The molecule has 1 fully saturated rings. The Labute approximate surface area is 162 Å². The number of rotatable bonds is 4. The Morgan fingerprint density at radius 2 is 1.88 bits per heavy atom. The Bertz CT molecular complexity index is 904. The van der Waals surface area contributed by atoms with Gasteiger partial charge in [0.15, 0.2) is 4.32 Å². The number of carbonyl (C=O) groups excluding carboxylic acids is 2. The van der Waals surface area contributed by atoms with E-state index in [9.17, 15) is 9.59 Å². The summed E-state index contributed by atoms with van der Waals surface area (Å²) < 4.78 is 0.313. The third-order valence-corrected chi connectivity index (χ3v) is 5.38. The van der Waals surface area contributed by atoms with Gasteiger partial charge in [-0.1, -0.05) is 61.2 Å². The van der Waals surface area contributed by atoms with Crippen LogP contribution in [0, 0.1) is 6.92 Å². The number of nitrogens with one attached hydrogen (secondary N) is 1. The van der Waals surface area contributed by atoms with E-state index < -0.39 is 0 Å². The second-order valence-electron chi connectivity index (χ2n) is 5.87. The number of aryl methyl sites for hydroxylation is 2. The zero-order chi connectivity index (χ0) is 18.7. The lowest BCUT2D eigenvalue weighted by molar-refractivity contribution is -0.123. The van der Waals surface area contributed by atoms with Crippen LogP contribution in [-0.2, 0) is 11.2 Å². The smallest absolute Gasteiger partial charge is 0.267 e. The minimum Gasteiger partial charge on any atom is -0.267 e. The normalized spacial score (nSPS) is 15.6. The first-order valence-corrected chi connectivity index (χ1v) is 9.45. The van der Waals surface area contributed by atoms with Gasteiger partial charge in [-0.05, 0) is 54.4 Å². The van der Waals surface area contributed by atoms with Crippen molar-refractivity contribution >= 4 is 46.2 Å². The van der Waals surface area contributed by atoms with Crippen molar-refractivity contribution in [2.24, 2.45) is 0 Å². The van der Waals surface area contributed by atoms with E-state index in [2.05, 4.69) is 12.3 Å². The first-order valence-electron chi connectivity index (χ1n) is 8.23. The number of carbonyl (C=O) groups is 2. The first kappa shape index (κ1) is 18.4. The van der Waals surface area contributed by atoms with E-state index in [1.165, 1.54) is 17.3 Å². The molecule has 1 heterocycles. The lowest BCUT2D eigenvalue weighted by Gasteiger charge is -2.16. The molecule has 0 radical (unpaired) electrons. The fourth-order valence-electron chi connectivity index (χ4n) is 2.55. The van der Waals surface area contributed by atoms with Crippen LogP contribution in [0.5, 0.6) is 0 Å². The van der Waals surface area contributed by atoms with Crippen molar-refractivity contribution in [2.75, 3.05) is 0 Å². The van der Waals surface area contributed by atoms with Gasteiger partial charge in [0.1, 0.15) is 0 Å². The Morgan fingerprint density at radius 3 is 2.54 bits per heavy atom. The summed E-state index contributed by atoms with van der Waals surface area (Å²) in [5.74, 6) is -0.672. The molecule has 1 aliphatic heterocycles. The summed E-state index contributed by atoms with van der Waals surface area (Å²) in [6, 6.07) is 15.2. The standard InChI is InChI=1S/C20H18N2O2S2/c1-3-14-8-10-15(11-9-14)12-17-19(24)22(20(25)26-17)21-18(23)16-7-5-4-6-13(16)2/h4-12H,3H2,1-2H3,(H,21,23)/b17-12+. The van der Waals surface area contributed by atoms with Crippen LogP contribution in [0.3, 0.4) is 0 Å². The highest BCUT2D eigenvalue weighted by Gasteiger charge is 2.33. The fraction of sp³-hybridized carbons (Fsp3) is 0.150. The van der Waals surface area contributed by atoms with Gasteiger partial charge in [-0.3, -0.25) is 15.0 Å². The van der Waals surface area contributed by atoms with Gasteiger partial charge in [-0.25, -0.2) is 0 Å². The Hall–Kier alpha value is -2.44. The quantitative estimate of drug-likeness (QED) is 0.639. The molecular formula is C20H18N2O2S2. The molecule has 1 saturated heterocycles. The molecule has 0 unspecified atom stereocenters. The zero-order valence-corrected chi connectivity index (χ0v) is 16.1. The maximum Gasteiger partial charge on any atom is 0.285 e. The first-order chi connectivity index (χ1) is 12.5. The Morgan fingerprint density at radius 1 is 1.19 bits per heavy atom. The van der Waals surface area contributed by atoms with Gasteiger partial charge in [0.25, 0.3) is 11.8 Å². The molecule has 6 heteroatoms. The molecule has 2 aromatic rings. The van der Waals surface area contributed by atoms with Crippen LogP contribution in [0.25, 0.3) is 6.08 Å². The molecule has 2 amide bonds. The topological polar surface area (TPSA) is 49.4 Å². The maximum absolute atomic E-state index is 12.6. The number of hydrazine groups is 1. The number of nitrogens with zero attached hydrogens (tertiary/aromatic N) is 1. The second-order valence-corrected chi connectivity index (χ2v) is 7.54. The number of hydrogen-bond acceptors (Lipinski definition) is 4. The molecule has 0 bridgehead atoms. The number of hydrogen-bond donors (Lipinski definition) is 1. The molecular weight excluding hydrogens is 364 g/mol. The molecule has 1 N–H and O–H groups in total. The van der Waals surface area contributed by atoms with E-state index in [1.54, 1.807) is 18.2 Å². The van der Waals surface area contributed by atoms with Crippen molar-refractivity contribution in [1.29, 1.82) is 0 Å². The third-order valence-electron chi connectivity index (χ3n) is 4.08. The van der Waals surface area contributed by atoms with E-state index in [4.69, 9.17) is 12.2 Å². The lowest BCUT2D eigenvalue weighted by Crippen LogP contribution is -2.45. The van der Waals surface area contributed by atoms with Crippen molar-refractivity contribution in [3.63, 3.8) is 0 Å². The fourth-order valence-corrected chi connectivity index (χ4v) is 3.73. The van der Waals surface area contributed by atoms with Crippen LogP contribution in [0.15, 0.2) is 53.4 Å². The molecule has 0 atom stereocenters. The number of benzene rings is 2. The molecule has 0 aromatic heterocycles. The zero-order valence-electron chi connectivity index (χ0n) is 14.5. The average Bonchev–Trinajstić information content (AvgIpc) is 2.90. The van der Waals surface area contributed by atoms with E-state index in [0.29, 0.717) is 14.8 Å². The number of amides is 2. The average molecular weight is 383 g/mol. The Balaban J connectivity index is 1.77. The summed E-state index contributed by atoms with van der Waals surface area (Å²) in [6.45, 7) is 3.94. The minimum absolute atomic E-state index is 0.313. The number of thiocarbonyl (C=S) groups is 1. The van der Waals surface area contributed by atoms with Crippen molar-refractivity contribution < 1.29 is 9.59 Å². The van der Waals surface area contributed by atoms with Gasteiger partial charge < -0.3 is 0 Å². The maximum atomic E-state index is 12.6. The van der Waals surface area contributed by atoms with Gasteiger partial charge in [-0.2, -0.15) is 5.01 Å². The molecule has 4 nitrogen and oxygen atoms in total. The third kappa shape index (κ3) is 3.86. The van der Waals surface area contributed by atoms with Crippen molar-refractivity contribution in [3.05, 3.63) is 75.7 Å². The summed E-state index contributed by atoms with van der Waals surface area (Å²) in [5.41, 5.74) is 6.12. The van der Waals surface area contributed by atoms with Gasteiger partial charge in [0, 0.05) is 5.56 Å². The van der Waals surface area contributed by atoms with Crippen LogP contribution in [0.4, 0.5) is 0 Å². The molecule has 1 aliphatic rings. The molecule has 3 rings (SSSR count). The van der Waals surface area contributed by atoms with Gasteiger partial charge in [-0.15, -0.1) is 0 Å².